The monoisotopic (exact) mass is 393 g/mol. The average molecular weight is 393 g/mol. The van der Waals surface area contributed by atoms with Crippen molar-refractivity contribution in [3.8, 4) is 0 Å². The number of nitrogens with zero attached hydrogens (tertiary/aromatic N) is 2. The highest BCUT2D eigenvalue weighted by Crippen LogP contribution is 2.25. The summed E-state index contributed by atoms with van der Waals surface area (Å²) in [7, 11) is 0. The number of rotatable bonds is 5. The van der Waals surface area contributed by atoms with Gasteiger partial charge in [-0.25, -0.2) is 4.98 Å². The number of hydrogen-bond donors (Lipinski definition) is 2. The van der Waals surface area contributed by atoms with E-state index in [0.29, 0.717) is 35.1 Å². The maximum absolute atomic E-state index is 12.6. The topological polar surface area (TPSA) is 99.6 Å². The van der Waals surface area contributed by atoms with Crippen LogP contribution in [0.15, 0.2) is 22.9 Å². The van der Waals surface area contributed by atoms with Crippen molar-refractivity contribution < 1.29 is 19.5 Å². The summed E-state index contributed by atoms with van der Waals surface area (Å²) in [6.45, 7) is 2.35. The number of aliphatic carboxylic acids is 1. The number of amides is 2. The number of thiazole rings is 1. The maximum Gasteiger partial charge on any atom is 0.308 e. The smallest absolute Gasteiger partial charge is 0.308 e. The van der Waals surface area contributed by atoms with Gasteiger partial charge in [0, 0.05) is 18.0 Å². The molecule has 2 N–H and O–H groups in total. The molecule has 2 aromatic rings. The summed E-state index contributed by atoms with van der Waals surface area (Å²) in [5.74, 6) is -1.74. The molecule has 7 nitrogen and oxygen atoms in total. The number of thiophene rings is 1. The second kappa shape index (κ2) is 7.96. The molecule has 26 heavy (non-hydrogen) atoms. The minimum Gasteiger partial charge on any atom is -0.481 e. The van der Waals surface area contributed by atoms with E-state index in [1.807, 2.05) is 5.38 Å². The Morgan fingerprint density at radius 3 is 2.88 bits per heavy atom. The third-order valence-corrected chi connectivity index (χ3v) is 6.15. The van der Waals surface area contributed by atoms with Gasteiger partial charge in [-0.15, -0.1) is 22.7 Å². The first-order valence-corrected chi connectivity index (χ1v) is 10.0. The predicted molar refractivity (Wildman–Crippen MR) is 99.6 cm³/mol. The molecule has 1 fully saturated rings. The van der Waals surface area contributed by atoms with Crippen LogP contribution in [-0.4, -0.2) is 45.4 Å². The summed E-state index contributed by atoms with van der Waals surface area (Å²) < 4.78 is 0. The van der Waals surface area contributed by atoms with Gasteiger partial charge in [0.1, 0.15) is 0 Å². The number of piperidine rings is 1. The van der Waals surface area contributed by atoms with Crippen LogP contribution in [0.1, 0.15) is 35.1 Å². The van der Waals surface area contributed by atoms with Crippen molar-refractivity contribution in [2.45, 2.75) is 32.2 Å². The Balaban J connectivity index is 1.60. The Bertz CT molecular complexity index is 803. The number of carboxylic acids is 1. The van der Waals surface area contributed by atoms with Crippen LogP contribution < -0.4 is 5.32 Å². The molecule has 1 saturated heterocycles. The molecular weight excluding hydrogens is 374 g/mol. The van der Waals surface area contributed by atoms with Gasteiger partial charge in [-0.05, 0) is 31.2 Å². The number of aromatic nitrogens is 1. The van der Waals surface area contributed by atoms with E-state index >= 15 is 0 Å². The summed E-state index contributed by atoms with van der Waals surface area (Å²) in [5.41, 5.74) is 0.575. The molecule has 0 spiro atoms. The molecule has 1 aliphatic rings. The standard InChI is InChI=1S/C17H19N3O4S2/c1-10-12(16(23)24)4-2-6-20(10)14(21)8-11-9-26-17(18-11)19-15(22)13-5-3-7-25-13/h3,5,7,9-10,12H,2,4,6,8H2,1H3,(H,23,24)(H,18,19,22)/t10-,12-/m1/s1. The number of hydrogen-bond acceptors (Lipinski definition) is 6. The van der Waals surface area contributed by atoms with Crippen LogP contribution in [0, 0.1) is 5.92 Å². The quantitative estimate of drug-likeness (QED) is 0.814. The van der Waals surface area contributed by atoms with Crippen molar-refractivity contribution in [1.29, 1.82) is 0 Å². The average Bonchev–Trinajstić information content (AvgIpc) is 3.26. The van der Waals surface area contributed by atoms with Crippen molar-refractivity contribution in [2.24, 2.45) is 5.92 Å². The van der Waals surface area contributed by atoms with Gasteiger partial charge >= 0.3 is 5.97 Å². The van der Waals surface area contributed by atoms with Gasteiger partial charge < -0.3 is 10.0 Å². The molecule has 138 valence electrons. The second-order valence-electron chi connectivity index (χ2n) is 6.17. The predicted octanol–water partition coefficient (Wildman–Crippen LogP) is 2.71. The number of carbonyl (C=O) groups is 3. The van der Waals surface area contributed by atoms with Crippen LogP contribution in [0.5, 0.6) is 0 Å². The van der Waals surface area contributed by atoms with Gasteiger partial charge in [0.15, 0.2) is 5.13 Å². The first-order valence-electron chi connectivity index (χ1n) is 8.27. The molecular formula is C17H19N3O4S2. The fourth-order valence-electron chi connectivity index (χ4n) is 3.09. The summed E-state index contributed by atoms with van der Waals surface area (Å²) in [4.78, 5) is 42.4. The molecule has 0 bridgehead atoms. The Labute approximate surface area is 158 Å². The van der Waals surface area contributed by atoms with Crippen molar-refractivity contribution in [3.05, 3.63) is 33.5 Å². The Morgan fingerprint density at radius 1 is 1.38 bits per heavy atom. The lowest BCUT2D eigenvalue weighted by Gasteiger charge is -2.37. The molecule has 3 heterocycles. The lowest BCUT2D eigenvalue weighted by Crippen LogP contribution is -2.49. The zero-order valence-electron chi connectivity index (χ0n) is 14.2. The Morgan fingerprint density at radius 2 is 2.19 bits per heavy atom. The van der Waals surface area contributed by atoms with Gasteiger partial charge in [-0.1, -0.05) is 6.07 Å². The minimum absolute atomic E-state index is 0.0993. The van der Waals surface area contributed by atoms with E-state index in [1.165, 1.54) is 22.7 Å². The summed E-state index contributed by atoms with van der Waals surface area (Å²) in [6.07, 6.45) is 1.38. The van der Waals surface area contributed by atoms with Crippen LogP contribution in [0.2, 0.25) is 0 Å². The largest absolute Gasteiger partial charge is 0.481 e. The highest BCUT2D eigenvalue weighted by molar-refractivity contribution is 7.14. The molecule has 0 radical (unpaired) electrons. The molecule has 2 aromatic heterocycles. The van der Waals surface area contributed by atoms with E-state index in [2.05, 4.69) is 10.3 Å². The highest BCUT2D eigenvalue weighted by Gasteiger charge is 2.35. The van der Waals surface area contributed by atoms with E-state index in [9.17, 15) is 19.5 Å². The molecule has 1 aliphatic heterocycles. The number of likely N-dealkylation sites (tertiary alicyclic amines) is 1. The van der Waals surface area contributed by atoms with Gasteiger partial charge in [-0.2, -0.15) is 0 Å². The fraction of sp³-hybridized carbons (Fsp3) is 0.412. The number of nitrogens with one attached hydrogen (secondary N) is 1. The molecule has 0 unspecified atom stereocenters. The van der Waals surface area contributed by atoms with Crippen LogP contribution in [0.4, 0.5) is 5.13 Å². The van der Waals surface area contributed by atoms with E-state index in [-0.39, 0.29) is 24.3 Å². The zero-order chi connectivity index (χ0) is 18.7. The highest BCUT2D eigenvalue weighted by atomic mass is 32.1. The molecule has 0 aliphatic carbocycles. The Hall–Kier alpha value is -2.26. The maximum atomic E-state index is 12.6. The van der Waals surface area contributed by atoms with Crippen molar-refractivity contribution in [1.82, 2.24) is 9.88 Å². The number of anilines is 1. The molecule has 2 amide bonds. The van der Waals surface area contributed by atoms with E-state index in [1.54, 1.807) is 29.3 Å². The first-order chi connectivity index (χ1) is 12.5. The summed E-state index contributed by atoms with van der Waals surface area (Å²) >= 11 is 2.61. The lowest BCUT2D eigenvalue weighted by molar-refractivity contribution is -0.148. The van der Waals surface area contributed by atoms with Crippen LogP contribution >= 0.6 is 22.7 Å². The van der Waals surface area contributed by atoms with E-state index < -0.39 is 11.9 Å². The normalized spacial score (nSPS) is 20.0. The fourth-order valence-corrected chi connectivity index (χ4v) is 4.42. The summed E-state index contributed by atoms with van der Waals surface area (Å²) in [6, 6.07) is 3.20. The number of carbonyl (C=O) groups excluding carboxylic acids is 2. The van der Waals surface area contributed by atoms with E-state index in [0.717, 1.165) is 0 Å². The van der Waals surface area contributed by atoms with Crippen LogP contribution in [-0.2, 0) is 16.0 Å². The molecule has 3 rings (SSSR count). The van der Waals surface area contributed by atoms with Crippen molar-refractivity contribution in [3.63, 3.8) is 0 Å². The van der Waals surface area contributed by atoms with Gasteiger partial charge in [0.05, 0.1) is 22.9 Å². The van der Waals surface area contributed by atoms with Crippen molar-refractivity contribution >= 4 is 45.6 Å². The van der Waals surface area contributed by atoms with Gasteiger partial charge in [0.25, 0.3) is 5.91 Å². The van der Waals surface area contributed by atoms with Gasteiger partial charge in [0.2, 0.25) is 5.91 Å². The molecule has 0 aromatic carbocycles. The Kier molecular flexibility index (Phi) is 5.67. The van der Waals surface area contributed by atoms with E-state index in [4.69, 9.17) is 0 Å². The molecule has 2 atom stereocenters. The first kappa shape index (κ1) is 18.5. The second-order valence-corrected chi connectivity index (χ2v) is 7.97. The van der Waals surface area contributed by atoms with Crippen molar-refractivity contribution in [2.75, 3.05) is 11.9 Å². The third kappa shape index (κ3) is 4.10. The SMILES string of the molecule is C[C@@H]1[C@H](C(=O)O)CCCN1C(=O)Cc1csc(NC(=O)c2cccs2)n1. The molecule has 0 saturated carbocycles. The number of carboxylic acid groups (broad SMARTS) is 1. The molecule has 9 heteroatoms. The summed E-state index contributed by atoms with van der Waals surface area (Å²) in [5, 5.41) is 16.0. The lowest BCUT2D eigenvalue weighted by atomic mass is 9.90. The van der Waals surface area contributed by atoms with Gasteiger partial charge in [-0.3, -0.25) is 19.7 Å². The zero-order valence-corrected chi connectivity index (χ0v) is 15.8. The van der Waals surface area contributed by atoms with Crippen LogP contribution in [0.3, 0.4) is 0 Å². The third-order valence-electron chi connectivity index (χ3n) is 4.48. The van der Waals surface area contributed by atoms with Crippen LogP contribution in [0.25, 0.3) is 0 Å². The minimum atomic E-state index is -0.859.